The highest BCUT2D eigenvalue weighted by Crippen LogP contribution is 2.52. The van der Waals surface area contributed by atoms with Gasteiger partial charge in [0.25, 0.3) is 0 Å². The van der Waals surface area contributed by atoms with Crippen molar-refractivity contribution in [2.75, 3.05) is 35.2 Å². The number of benzene rings is 1. The van der Waals surface area contributed by atoms with Gasteiger partial charge in [0.15, 0.2) is 9.84 Å². The summed E-state index contributed by atoms with van der Waals surface area (Å²) in [6.07, 6.45) is -3.63. The lowest BCUT2D eigenvalue weighted by molar-refractivity contribution is -0.137. The van der Waals surface area contributed by atoms with Crippen LogP contribution in [0, 0.1) is 5.41 Å². The highest BCUT2D eigenvalue weighted by molar-refractivity contribution is 8.00. The number of thioether (sulfide) groups is 1. The number of anilines is 1. The van der Waals surface area contributed by atoms with Crippen LogP contribution in [0.15, 0.2) is 39.9 Å². The molecule has 234 valence electrons. The summed E-state index contributed by atoms with van der Waals surface area (Å²) < 4.78 is 70.6. The van der Waals surface area contributed by atoms with E-state index in [-0.39, 0.29) is 92.5 Å². The number of hydrogen-bond acceptors (Lipinski definition) is 9. The maximum absolute atomic E-state index is 14.9. The molecule has 10 nitrogen and oxygen atoms in total. The number of thiophene rings is 1. The zero-order chi connectivity index (χ0) is 31.9. The molecule has 0 aliphatic carbocycles. The first-order chi connectivity index (χ1) is 20.5. The third-order valence-corrected chi connectivity index (χ3v) is 12.8. The number of halogens is 3. The van der Waals surface area contributed by atoms with Crippen molar-refractivity contribution >= 4 is 61.5 Å². The number of alkyl halides is 3. The van der Waals surface area contributed by atoms with Gasteiger partial charge in [0, 0.05) is 69.0 Å². The Morgan fingerprint density at radius 1 is 1.18 bits per heavy atom. The first-order valence-electron chi connectivity index (χ1n) is 13.6. The normalized spacial score (nSPS) is 22.5. The molecule has 5 heterocycles. The number of sulfone groups is 1. The number of primary amides is 1. The van der Waals surface area contributed by atoms with Crippen molar-refractivity contribution in [1.82, 2.24) is 14.5 Å². The molecule has 3 aromatic rings. The number of nitrogens with two attached hydrogens (primary N) is 1. The molecule has 2 amide bonds. The van der Waals surface area contributed by atoms with E-state index in [9.17, 15) is 36.0 Å². The topological polar surface area (TPSA) is 136 Å². The number of nitrogens with zero attached hydrogens (tertiary/aromatic N) is 4. The highest BCUT2D eigenvalue weighted by atomic mass is 32.2. The summed E-state index contributed by atoms with van der Waals surface area (Å²) in [4.78, 5) is 46.1. The second-order valence-electron chi connectivity index (χ2n) is 11.8. The smallest absolute Gasteiger partial charge is 0.366 e. The van der Waals surface area contributed by atoms with Crippen molar-refractivity contribution in [3.8, 4) is 10.4 Å². The lowest BCUT2D eigenvalue weighted by Gasteiger charge is -2.44. The summed E-state index contributed by atoms with van der Waals surface area (Å²) in [7, 11) is -3.35. The molecule has 2 fully saturated rings. The molecule has 6 rings (SSSR count). The summed E-state index contributed by atoms with van der Waals surface area (Å²) in [6, 6.07) is 1.56. The van der Waals surface area contributed by atoms with Crippen LogP contribution < -0.4 is 16.3 Å². The average molecular weight is 668 g/mol. The van der Waals surface area contributed by atoms with E-state index in [0.717, 1.165) is 29.2 Å². The first-order valence-corrected chi connectivity index (χ1v) is 17.3. The predicted molar refractivity (Wildman–Crippen MR) is 163 cm³/mol. The Kier molecular flexibility index (Phi) is 7.20. The van der Waals surface area contributed by atoms with Crippen molar-refractivity contribution in [3.63, 3.8) is 0 Å². The van der Waals surface area contributed by atoms with Crippen LogP contribution in [0.3, 0.4) is 0 Å². The van der Waals surface area contributed by atoms with Gasteiger partial charge in [-0.15, -0.1) is 23.1 Å². The maximum Gasteiger partial charge on any atom is 0.417 e. The maximum atomic E-state index is 14.9. The predicted octanol–water partition coefficient (Wildman–Crippen LogP) is 3.37. The van der Waals surface area contributed by atoms with Crippen molar-refractivity contribution in [2.45, 2.75) is 43.5 Å². The molecular weight excluding hydrogens is 640 g/mol. The largest absolute Gasteiger partial charge is 0.417 e. The fraction of sp³-hybridized carbons (Fsp3) is 0.429. The molecule has 44 heavy (non-hydrogen) atoms. The summed E-state index contributed by atoms with van der Waals surface area (Å²) in [5, 5.41) is 1.48. The SMILES string of the molecule is C=CC(=O)N1[C@H](C)CN(c2nc(=O)n3c4c(c(-c5cc(C(N)=O)cs5)c(C(F)(F)F)cc24)SCC2(C3)CS(=O)(=O)C2)C[C@@H]1C. The number of carbonyl (C=O) groups excluding carboxylic acids is 2. The molecule has 2 saturated heterocycles. The van der Waals surface area contributed by atoms with E-state index in [4.69, 9.17) is 5.73 Å². The highest BCUT2D eigenvalue weighted by Gasteiger charge is 2.51. The quantitative estimate of drug-likeness (QED) is 0.419. The minimum atomic E-state index is -4.84. The molecule has 2 aromatic heterocycles. The van der Waals surface area contributed by atoms with Gasteiger partial charge in [0.05, 0.1) is 28.1 Å². The fourth-order valence-corrected chi connectivity index (χ4v) is 11.6. The van der Waals surface area contributed by atoms with Gasteiger partial charge in [0.1, 0.15) is 5.82 Å². The minimum absolute atomic E-state index is 0.0228. The van der Waals surface area contributed by atoms with Gasteiger partial charge in [-0.25, -0.2) is 13.2 Å². The van der Waals surface area contributed by atoms with Crippen LogP contribution in [-0.2, 0) is 27.4 Å². The summed E-state index contributed by atoms with van der Waals surface area (Å²) in [5.74, 6) is -1.24. The van der Waals surface area contributed by atoms with E-state index in [0.29, 0.717) is 0 Å². The van der Waals surface area contributed by atoms with E-state index in [1.807, 2.05) is 0 Å². The second-order valence-corrected chi connectivity index (χ2v) is 15.7. The number of aromatic nitrogens is 2. The Hall–Kier alpha value is -3.37. The van der Waals surface area contributed by atoms with Crippen LogP contribution in [-0.4, -0.2) is 77.1 Å². The second kappa shape index (κ2) is 10.3. The Balaban J connectivity index is 1.63. The molecule has 0 radical (unpaired) electrons. The molecule has 16 heteroatoms. The van der Waals surface area contributed by atoms with E-state index in [1.54, 1.807) is 23.6 Å². The van der Waals surface area contributed by atoms with Crippen LogP contribution in [0.4, 0.5) is 19.0 Å². The number of rotatable bonds is 4. The molecule has 0 saturated carbocycles. The van der Waals surface area contributed by atoms with Gasteiger partial charge in [-0.2, -0.15) is 18.2 Å². The third kappa shape index (κ3) is 5.00. The molecule has 0 unspecified atom stereocenters. The van der Waals surface area contributed by atoms with Gasteiger partial charge in [-0.05, 0) is 32.1 Å². The Morgan fingerprint density at radius 3 is 2.39 bits per heavy atom. The molecular formula is C28H28F3N5O5S3. The van der Waals surface area contributed by atoms with E-state index >= 15 is 0 Å². The van der Waals surface area contributed by atoms with Crippen molar-refractivity contribution in [2.24, 2.45) is 11.1 Å². The zero-order valence-corrected chi connectivity index (χ0v) is 26.1. The van der Waals surface area contributed by atoms with Crippen LogP contribution in [0.1, 0.15) is 29.8 Å². The molecule has 0 bridgehead atoms. The number of hydrogen-bond donors (Lipinski definition) is 1. The Morgan fingerprint density at radius 2 is 1.84 bits per heavy atom. The van der Waals surface area contributed by atoms with Gasteiger partial charge < -0.3 is 15.5 Å². The molecule has 1 spiro atoms. The molecule has 2 N–H and O–H groups in total. The van der Waals surface area contributed by atoms with Crippen LogP contribution in [0.2, 0.25) is 0 Å². The van der Waals surface area contributed by atoms with E-state index in [1.165, 1.54) is 22.1 Å². The van der Waals surface area contributed by atoms with Crippen molar-refractivity contribution < 1.29 is 31.2 Å². The average Bonchev–Trinajstić information content (AvgIpc) is 3.34. The third-order valence-electron chi connectivity index (χ3n) is 8.35. The minimum Gasteiger partial charge on any atom is -0.366 e. The Bertz CT molecular complexity index is 1900. The standard InChI is InChI=1S/C28H28F3N5O5S3/c1-4-20(37)36-14(2)7-34(8-15(36)3)25-17-6-18(28(29,30)31)21(19-5-16(9-42-19)24(32)38)23-22(17)35(26(39)33-25)10-27(11-43-23)12-44(40,41)13-27/h4-6,9,14-15H,1,7-8,10-13H2,2-3H3,(H2,32,38)/t14-,15+. The number of carbonyl (C=O) groups is 2. The number of piperazine rings is 1. The van der Waals surface area contributed by atoms with Crippen molar-refractivity contribution in [1.29, 1.82) is 0 Å². The van der Waals surface area contributed by atoms with Gasteiger partial charge in [0.2, 0.25) is 11.8 Å². The molecule has 3 aliphatic heterocycles. The van der Waals surface area contributed by atoms with Crippen molar-refractivity contribution in [3.05, 3.63) is 51.8 Å². The fourth-order valence-electron chi connectivity index (χ4n) is 6.69. The van der Waals surface area contributed by atoms with Gasteiger partial charge in [-0.3, -0.25) is 14.2 Å². The lowest BCUT2D eigenvalue weighted by Crippen LogP contribution is -2.59. The Labute approximate surface area is 258 Å². The summed E-state index contributed by atoms with van der Waals surface area (Å²) in [6.45, 7) is 7.54. The zero-order valence-electron chi connectivity index (χ0n) is 23.7. The molecule has 2 atom stereocenters. The van der Waals surface area contributed by atoms with E-state index < -0.39 is 38.6 Å². The van der Waals surface area contributed by atoms with Gasteiger partial charge in [-0.1, -0.05) is 6.58 Å². The van der Waals surface area contributed by atoms with Crippen LogP contribution in [0.5, 0.6) is 0 Å². The van der Waals surface area contributed by atoms with E-state index in [2.05, 4.69) is 11.6 Å². The van der Waals surface area contributed by atoms with Crippen LogP contribution in [0.25, 0.3) is 21.3 Å². The van der Waals surface area contributed by atoms with Gasteiger partial charge >= 0.3 is 11.9 Å². The lowest BCUT2D eigenvalue weighted by atomic mass is 9.94. The summed E-state index contributed by atoms with van der Waals surface area (Å²) >= 11 is 2.01. The molecule has 3 aliphatic rings. The van der Waals surface area contributed by atoms with Crippen LogP contribution >= 0.6 is 23.1 Å². The first kappa shape index (κ1) is 30.6. The monoisotopic (exact) mass is 667 g/mol. The molecule has 1 aromatic carbocycles. The summed E-state index contributed by atoms with van der Waals surface area (Å²) in [5.41, 5.74) is 2.96. The number of amides is 2.